The Morgan fingerprint density at radius 2 is 1.93 bits per heavy atom. The molecule has 1 saturated carbocycles. The molecule has 1 aliphatic rings. The highest BCUT2D eigenvalue weighted by atomic mass is 35.5. The van der Waals surface area contributed by atoms with Crippen molar-refractivity contribution in [3.63, 3.8) is 0 Å². The van der Waals surface area contributed by atoms with Gasteiger partial charge in [0.1, 0.15) is 11.6 Å². The zero-order chi connectivity index (χ0) is 20.0. The first-order valence-corrected chi connectivity index (χ1v) is 9.76. The molecular weight excluding hydrogens is 391 g/mol. The van der Waals surface area contributed by atoms with E-state index in [1.807, 2.05) is 30.3 Å². The number of hydrogen-bond acceptors (Lipinski definition) is 5. The lowest BCUT2D eigenvalue weighted by Gasteiger charge is -2.08. The van der Waals surface area contributed by atoms with Crippen LogP contribution in [-0.4, -0.2) is 25.8 Å². The first-order chi connectivity index (χ1) is 14.1. The van der Waals surface area contributed by atoms with Gasteiger partial charge in [-0.3, -0.25) is 0 Å². The number of nitrogens with one attached hydrogen (secondary N) is 1. The average molecular weight is 409 g/mol. The van der Waals surface area contributed by atoms with Gasteiger partial charge in [-0.25, -0.2) is 14.1 Å². The van der Waals surface area contributed by atoms with Crippen molar-refractivity contribution in [2.24, 2.45) is 0 Å². The van der Waals surface area contributed by atoms with Crippen LogP contribution in [0.15, 0.2) is 48.5 Å². The lowest BCUT2D eigenvalue weighted by molar-refractivity contribution is 0.628. The number of rotatable bonds is 5. The maximum absolute atomic E-state index is 13.7. The van der Waals surface area contributed by atoms with E-state index in [0.29, 0.717) is 46.6 Å². The van der Waals surface area contributed by atoms with Crippen molar-refractivity contribution in [1.29, 1.82) is 0 Å². The highest BCUT2D eigenvalue weighted by Gasteiger charge is 2.24. The van der Waals surface area contributed by atoms with Gasteiger partial charge in [-0.15, -0.1) is 5.10 Å². The van der Waals surface area contributed by atoms with Crippen LogP contribution in [0.3, 0.4) is 0 Å². The topological polar surface area (TPSA) is 81.7 Å². The molecule has 0 saturated heterocycles. The van der Waals surface area contributed by atoms with E-state index in [2.05, 4.69) is 20.4 Å². The third kappa shape index (κ3) is 3.49. The van der Waals surface area contributed by atoms with Crippen LogP contribution < -0.4 is 11.1 Å². The lowest BCUT2D eigenvalue weighted by atomic mass is 10.1. The van der Waals surface area contributed by atoms with Gasteiger partial charge >= 0.3 is 0 Å². The van der Waals surface area contributed by atoms with Crippen LogP contribution in [-0.2, 0) is 6.54 Å². The van der Waals surface area contributed by atoms with Crippen LogP contribution in [0, 0.1) is 5.82 Å². The second kappa shape index (κ2) is 7.00. The van der Waals surface area contributed by atoms with Gasteiger partial charge < -0.3 is 11.1 Å². The van der Waals surface area contributed by atoms with Crippen molar-refractivity contribution in [2.45, 2.75) is 25.4 Å². The zero-order valence-electron chi connectivity index (χ0n) is 15.4. The number of fused-ring (bicyclic) bond motifs is 1. The largest absolute Gasteiger partial charge is 0.383 e. The van der Waals surface area contributed by atoms with Gasteiger partial charge in [0.25, 0.3) is 0 Å². The predicted octanol–water partition coefficient (Wildman–Crippen LogP) is 4.49. The van der Waals surface area contributed by atoms with Gasteiger partial charge in [-0.2, -0.15) is 4.98 Å². The van der Waals surface area contributed by atoms with Crippen LogP contribution in [0.1, 0.15) is 18.4 Å². The molecule has 2 heterocycles. The Balaban J connectivity index is 1.67. The van der Waals surface area contributed by atoms with E-state index in [9.17, 15) is 4.39 Å². The second-order valence-electron chi connectivity index (χ2n) is 7.17. The molecular formula is C21H18ClFN6. The van der Waals surface area contributed by atoms with Gasteiger partial charge in [0.05, 0.1) is 22.6 Å². The van der Waals surface area contributed by atoms with E-state index in [1.165, 1.54) is 6.07 Å². The number of halogens is 2. The van der Waals surface area contributed by atoms with Crippen LogP contribution in [0.4, 0.5) is 16.2 Å². The van der Waals surface area contributed by atoms with Crippen molar-refractivity contribution in [2.75, 3.05) is 11.1 Å². The van der Waals surface area contributed by atoms with Crippen LogP contribution >= 0.6 is 11.6 Å². The fraction of sp³-hybridized carbons (Fsp3) is 0.190. The average Bonchev–Trinajstić information content (AvgIpc) is 3.48. The Bertz CT molecular complexity index is 1200. The maximum Gasteiger partial charge on any atom is 0.225 e. The highest BCUT2D eigenvalue weighted by molar-refractivity contribution is 6.31. The minimum atomic E-state index is -0.482. The molecule has 6 nitrogen and oxygen atoms in total. The fourth-order valence-corrected chi connectivity index (χ4v) is 3.44. The van der Waals surface area contributed by atoms with E-state index in [-0.39, 0.29) is 5.02 Å². The Labute approximate surface area is 171 Å². The molecule has 146 valence electrons. The standard InChI is InChI=1S/C21H18ClFN6/c22-15-10-13(6-9-16(15)23)18-17-19(24)29(11-12-4-2-1-3-5-12)28-20(17)27-21(26-18)25-14-7-8-14/h1-6,9-10,14H,7-8,11,24H2,(H,25,27,28). The maximum atomic E-state index is 13.7. The molecule has 0 radical (unpaired) electrons. The first kappa shape index (κ1) is 17.9. The van der Waals surface area contributed by atoms with E-state index in [1.54, 1.807) is 16.8 Å². The van der Waals surface area contributed by atoms with Gasteiger partial charge in [-0.05, 0) is 36.6 Å². The Morgan fingerprint density at radius 3 is 2.66 bits per heavy atom. The van der Waals surface area contributed by atoms with Crippen LogP contribution in [0.25, 0.3) is 22.3 Å². The van der Waals surface area contributed by atoms with Crippen molar-refractivity contribution >= 4 is 34.4 Å². The number of anilines is 2. The summed E-state index contributed by atoms with van der Waals surface area (Å²) in [5.74, 6) is 0.460. The Morgan fingerprint density at radius 1 is 1.14 bits per heavy atom. The summed E-state index contributed by atoms with van der Waals surface area (Å²) in [4.78, 5) is 9.23. The van der Waals surface area contributed by atoms with Crippen LogP contribution in [0.2, 0.25) is 5.02 Å². The molecule has 3 N–H and O–H groups in total. The monoisotopic (exact) mass is 408 g/mol. The molecule has 5 rings (SSSR count). The molecule has 29 heavy (non-hydrogen) atoms. The number of hydrogen-bond donors (Lipinski definition) is 2. The first-order valence-electron chi connectivity index (χ1n) is 9.38. The quantitative estimate of drug-likeness (QED) is 0.508. The van der Waals surface area contributed by atoms with Crippen LogP contribution in [0.5, 0.6) is 0 Å². The van der Waals surface area contributed by atoms with E-state index >= 15 is 0 Å². The summed E-state index contributed by atoms with van der Waals surface area (Å²) < 4.78 is 15.4. The smallest absolute Gasteiger partial charge is 0.225 e. The van der Waals surface area contributed by atoms with E-state index in [0.717, 1.165) is 18.4 Å². The molecule has 2 aromatic carbocycles. The van der Waals surface area contributed by atoms with Crippen molar-refractivity contribution in [3.05, 3.63) is 64.9 Å². The molecule has 0 unspecified atom stereocenters. The molecule has 2 aromatic heterocycles. The third-order valence-electron chi connectivity index (χ3n) is 4.92. The van der Waals surface area contributed by atoms with E-state index < -0.39 is 5.82 Å². The number of benzene rings is 2. The number of aromatic nitrogens is 4. The summed E-state index contributed by atoms with van der Waals surface area (Å²) in [6, 6.07) is 14.8. The summed E-state index contributed by atoms with van der Waals surface area (Å²) in [6.45, 7) is 0.512. The van der Waals surface area contributed by atoms with Crippen molar-refractivity contribution in [3.8, 4) is 11.3 Å². The Hall–Kier alpha value is -3.19. The third-order valence-corrected chi connectivity index (χ3v) is 5.21. The molecule has 0 aliphatic heterocycles. The fourth-order valence-electron chi connectivity index (χ4n) is 3.26. The summed E-state index contributed by atoms with van der Waals surface area (Å²) in [5.41, 5.74) is 9.26. The summed E-state index contributed by atoms with van der Waals surface area (Å²) in [5, 5.41) is 8.58. The molecule has 4 aromatic rings. The van der Waals surface area contributed by atoms with Gasteiger partial charge in [0, 0.05) is 11.6 Å². The molecule has 1 aliphatic carbocycles. The summed E-state index contributed by atoms with van der Waals surface area (Å²) >= 11 is 6.02. The normalized spacial score (nSPS) is 13.7. The molecule has 0 amide bonds. The minimum Gasteiger partial charge on any atom is -0.383 e. The second-order valence-corrected chi connectivity index (χ2v) is 7.58. The molecule has 1 fully saturated rings. The molecule has 0 atom stereocenters. The number of nitrogen functional groups attached to an aromatic ring is 1. The predicted molar refractivity (Wildman–Crippen MR) is 112 cm³/mol. The molecule has 0 bridgehead atoms. The van der Waals surface area contributed by atoms with Crippen molar-refractivity contribution in [1.82, 2.24) is 19.7 Å². The molecule has 0 spiro atoms. The summed E-state index contributed by atoms with van der Waals surface area (Å²) in [7, 11) is 0. The Kier molecular flexibility index (Phi) is 4.32. The lowest BCUT2D eigenvalue weighted by Crippen LogP contribution is -2.06. The van der Waals surface area contributed by atoms with Crippen molar-refractivity contribution < 1.29 is 4.39 Å². The van der Waals surface area contributed by atoms with Gasteiger partial charge in [0.2, 0.25) is 5.95 Å². The summed E-state index contributed by atoms with van der Waals surface area (Å²) in [6.07, 6.45) is 2.17. The van der Waals surface area contributed by atoms with Gasteiger partial charge in [-0.1, -0.05) is 41.9 Å². The zero-order valence-corrected chi connectivity index (χ0v) is 16.2. The minimum absolute atomic E-state index is 0.0289. The number of nitrogens with two attached hydrogens (primary N) is 1. The number of nitrogens with zero attached hydrogens (tertiary/aromatic N) is 4. The highest BCUT2D eigenvalue weighted by Crippen LogP contribution is 2.34. The van der Waals surface area contributed by atoms with Gasteiger partial charge in [0.15, 0.2) is 5.65 Å². The molecule has 8 heteroatoms. The SMILES string of the molecule is Nc1c2c(-c3ccc(F)c(Cl)c3)nc(NC3CC3)nc2nn1Cc1ccccc1. The van der Waals surface area contributed by atoms with E-state index in [4.69, 9.17) is 17.3 Å².